The number of furan rings is 1. The van der Waals surface area contributed by atoms with Crippen LogP contribution in [0.5, 0.6) is 0 Å². The predicted octanol–water partition coefficient (Wildman–Crippen LogP) is 2.84. The molecule has 6 nitrogen and oxygen atoms in total. The summed E-state index contributed by atoms with van der Waals surface area (Å²) in [4.78, 5) is 40.3. The number of carbonyl (C=O) groups is 3. The zero-order valence-corrected chi connectivity index (χ0v) is 15.4. The molecule has 1 aromatic carbocycles. The SMILES string of the molecule is C=CCN(C(=O)c1ccco1)C1CC(=O)N(c2ccc(I)cc2)C1=O. The van der Waals surface area contributed by atoms with E-state index in [9.17, 15) is 14.4 Å². The zero-order chi connectivity index (χ0) is 18.0. The molecule has 1 aliphatic heterocycles. The number of anilines is 1. The van der Waals surface area contributed by atoms with Gasteiger partial charge in [-0.1, -0.05) is 6.08 Å². The minimum absolute atomic E-state index is 0.0644. The van der Waals surface area contributed by atoms with Crippen molar-refractivity contribution in [1.29, 1.82) is 0 Å². The van der Waals surface area contributed by atoms with Crippen LogP contribution in [-0.2, 0) is 9.59 Å². The van der Waals surface area contributed by atoms with Gasteiger partial charge < -0.3 is 9.32 Å². The van der Waals surface area contributed by atoms with E-state index < -0.39 is 17.9 Å². The normalized spacial score (nSPS) is 17.0. The number of halogens is 1. The Balaban J connectivity index is 1.89. The van der Waals surface area contributed by atoms with Crippen molar-refractivity contribution in [3.63, 3.8) is 0 Å². The quantitative estimate of drug-likeness (QED) is 0.399. The second-order valence-corrected chi connectivity index (χ2v) is 6.73. The molecule has 0 spiro atoms. The van der Waals surface area contributed by atoms with Crippen LogP contribution in [-0.4, -0.2) is 35.2 Å². The fourth-order valence-electron chi connectivity index (χ4n) is 2.75. The molecule has 0 radical (unpaired) electrons. The topological polar surface area (TPSA) is 70.8 Å². The largest absolute Gasteiger partial charge is 0.459 e. The van der Waals surface area contributed by atoms with E-state index in [1.807, 2.05) is 12.1 Å². The number of benzene rings is 1. The third-order valence-electron chi connectivity index (χ3n) is 3.90. The monoisotopic (exact) mass is 450 g/mol. The van der Waals surface area contributed by atoms with Crippen LogP contribution in [0.1, 0.15) is 17.0 Å². The second-order valence-electron chi connectivity index (χ2n) is 5.49. The summed E-state index contributed by atoms with van der Waals surface area (Å²) in [5.74, 6) is -1.08. The molecule has 1 fully saturated rings. The molecule has 25 heavy (non-hydrogen) atoms. The Kier molecular flexibility index (Phi) is 5.03. The Morgan fingerprint density at radius 1 is 1.32 bits per heavy atom. The Hall–Kier alpha value is -2.42. The van der Waals surface area contributed by atoms with Crippen LogP contribution in [0.3, 0.4) is 0 Å². The second kappa shape index (κ2) is 7.22. The number of rotatable bonds is 5. The van der Waals surface area contributed by atoms with E-state index in [1.54, 1.807) is 18.2 Å². The van der Waals surface area contributed by atoms with Gasteiger partial charge in [0.25, 0.3) is 11.8 Å². The van der Waals surface area contributed by atoms with Crippen LogP contribution >= 0.6 is 22.6 Å². The smallest absolute Gasteiger partial charge is 0.290 e. The highest BCUT2D eigenvalue weighted by Crippen LogP contribution is 2.27. The van der Waals surface area contributed by atoms with Gasteiger partial charge in [-0.3, -0.25) is 14.4 Å². The maximum atomic E-state index is 12.8. The molecule has 0 aliphatic carbocycles. The molecule has 2 heterocycles. The van der Waals surface area contributed by atoms with Gasteiger partial charge in [-0.05, 0) is 59.0 Å². The average Bonchev–Trinajstić information content (AvgIpc) is 3.22. The number of hydrogen-bond donors (Lipinski definition) is 0. The van der Waals surface area contributed by atoms with Crippen molar-refractivity contribution in [1.82, 2.24) is 4.90 Å². The fraction of sp³-hybridized carbons (Fsp3) is 0.167. The van der Waals surface area contributed by atoms with Gasteiger partial charge in [0.05, 0.1) is 18.4 Å². The van der Waals surface area contributed by atoms with Gasteiger partial charge in [0.2, 0.25) is 5.91 Å². The lowest BCUT2D eigenvalue weighted by atomic mass is 10.2. The first-order valence-electron chi connectivity index (χ1n) is 7.60. The number of amides is 3. The van der Waals surface area contributed by atoms with E-state index in [-0.39, 0.29) is 24.6 Å². The van der Waals surface area contributed by atoms with Crippen molar-refractivity contribution in [2.45, 2.75) is 12.5 Å². The van der Waals surface area contributed by atoms with Crippen molar-refractivity contribution < 1.29 is 18.8 Å². The number of imide groups is 1. The third kappa shape index (κ3) is 3.37. The first-order chi connectivity index (χ1) is 12.0. The summed E-state index contributed by atoms with van der Waals surface area (Å²) >= 11 is 2.15. The number of hydrogen-bond acceptors (Lipinski definition) is 4. The van der Waals surface area contributed by atoms with E-state index in [0.717, 1.165) is 8.47 Å². The fourth-order valence-corrected chi connectivity index (χ4v) is 3.11. The number of carbonyl (C=O) groups excluding carboxylic acids is 3. The summed E-state index contributed by atoms with van der Waals surface area (Å²) in [6, 6.07) is 9.31. The van der Waals surface area contributed by atoms with Gasteiger partial charge in [-0.15, -0.1) is 6.58 Å². The molecule has 128 valence electrons. The van der Waals surface area contributed by atoms with Crippen LogP contribution in [0.2, 0.25) is 0 Å². The highest BCUT2D eigenvalue weighted by Gasteiger charge is 2.44. The van der Waals surface area contributed by atoms with Crippen LogP contribution in [0.4, 0.5) is 5.69 Å². The standard InChI is InChI=1S/C18H15IN2O4/c1-2-9-20(18(24)15-4-3-10-25-15)14-11-16(22)21(17(14)23)13-7-5-12(19)6-8-13/h2-8,10,14H,1,9,11H2. The first kappa shape index (κ1) is 17.4. The van der Waals surface area contributed by atoms with E-state index in [0.29, 0.717) is 5.69 Å². The van der Waals surface area contributed by atoms with Gasteiger partial charge in [-0.25, -0.2) is 4.90 Å². The summed E-state index contributed by atoms with van der Waals surface area (Å²) < 4.78 is 6.13. The molecule has 0 N–H and O–H groups in total. The van der Waals surface area contributed by atoms with Crippen molar-refractivity contribution >= 4 is 46.0 Å². The molecule has 1 aromatic heterocycles. The summed E-state index contributed by atoms with van der Waals surface area (Å²) in [7, 11) is 0. The maximum absolute atomic E-state index is 12.8. The Morgan fingerprint density at radius 2 is 2.04 bits per heavy atom. The average molecular weight is 450 g/mol. The molecule has 1 atom stereocenters. The molecule has 1 saturated heterocycles. The molecule has 2 aromatic rings. The highest BCUT2D eigenvalue weighted by molar-refractivity contribution is 14.1. The molecular formula is C18H15IN2O4. The lowest BCUT2D eigenvalue weighted by molar-refractivity contribution is -0.122. The van der Waals surface area contributed by atoms with E-state index in [4.69, 9.17) is 4.42 Å². The van der Waals surface area contributed by atoms with Crippen LogP contribution in [0, 0.1) is 3.57 Å². The number of nitrogens with zero attached hydrogens (tertiary/aromatic N) is 2. The van der Waals surface area contributed by atoms with E-state index in [1.165, 1.54) is 23.3 Å². The molecule has 1 aliphatic rings. The Bertz CT molecular complexity index is 814. The first-order valence-corrected chi connectivity index (χ1v) is 8.68. The van der Waals surface area contributed by atoms with Gasteiger partial charge in [-0.2, -0.15) is 0 Å². The maximum Gasteiger partial charge on any atom is 0.290 e. The molecular weight excluding hydrogens is 435 g/mol. The molecule has 3 rings (SSSR count). The van der Waals surface area contributed by atoms with Gasteiger partial charge in [0, 0.05) is 10.1 Å². The van der Waals surface area contributed by atoms with Crippen molar-refractivity contribution in [2.75, 3.05) is 11.4 Å². The van der Waals surface area contributed by atoms with Crippen LogP contribution in [0.25, 0.3) is 0 Å². The zero-order valence-electron chi connectivity index (χ0n) is 13.2. The summed E-state index contributed by atoms with van der Waals surface area (Å²) in [5.41, 5.74) is 0.502. The summed E-state index contributed by atoms with van der Waals surface area (Å²) in [6.45, 7) is 3.77. The van der Waals surface area contributed by atoms with Crippen molar-refractivity contribution in [3.8, 4) is 0 Å². The minimum Gasteiger partial charge on any atom is -0.459 e. The molecule has 7 heteroatoms. The van der Waals surface area contributed by atoms with Crippen molar-refractivity contribution in [2.24, 2.45) is 0 Å². The summed E-state index contributed by atoms with van der Waals surface area (Å²) in [5, 5.41) is 0. The van der Waals surface area contributed by atoms with Gasteiger partial charge in [0.15, 0.2) is 5.76 Å². The Morgan fingerprint density at radius 3 is 2.64 bits per heavy atom. The predicted molar refractivity (Wildman–Crippen MR) is 100.0 cm³/mol. The third-order valence-corrected chi connectivity index (χ3v) is 4.62. The summed E-state index contributed by atoms with van der Waals surface area (Å²) in [6.07, 6.45) is 2.84. The lowest BCUT2D eigenvalue weighted by Gasteiger charge is -2.25. The van der Waals surface area contributed by atoms with Crippen LogP contribution < -0.4 is 4.90 Å². The minimum atomic E-state index is -0.873. The Labute approximate surface area is 158 Å². The van der Waals surface area contributed by atoms with E-state index in [2.05, 4.69) is 29.2 Å². The molecule has 3 amide bonds. The molecule has 0 bridgehead atoms. The van der Waals surface area contributed by atoms with Gasteiger partial charge in [0.1, 0.15) is 6.04 Å². The van der Waals surface area contributed by atoms with Crippen LogP contribution in [0.15, 0.2) is 59.7 Å². The molecule has 0 saturated carbocycles. The molecule has 1 unspecified atom stereocenters. The highest BCUT2D eigenvalue weighted by atomic mass is 127. The van der Waals surface area contributed by atoms with Crippen molar-refractivity contribution in [3.05, 3.63) is 64.6 Å². The van der Waals surface area contributed by atoms with E-state index >= 15 is 0 Å². The van der Waals surface area contributed by atoms with Gasteiger partial charge >= 0.3 is 0 Å². The lowest BCUT2D eigenvalue weighted by Crippen LogP contribution is -2.45.